The first-order valence-corrected chi connectivity index (χ1v) is 15.8. The van der Waals surface area contributed by atoms with Crippen molar-refractivity contribution in [2.75, 3.05) is 18.1 Å². The second-order valence-electron chi connectivity index (χ2n) is 11.1. The highest BCUT2D eigenvalue weighted by Gasteiger charge is 2.28. The van der Waals surface area contributed by atoms with Crippen LogP contribution in [-0.2, 0) is 26.0 Å². The molecule has 45 heavy (non-hydrogen) atoms. The van der Waals surface area contributed by atoms with Gasteiger partial charge in [0.1, 0.15) is 23.7 Å². The molecule has 11 nitrogen and oxygen atoms in total. The number of carboxylic acid groups (broad SMARTS) is 1. The molecule has 236 valence electrons. The number of aliphatic carboxylic acids is 1. The van der Waals surface area contributed by atoms with E-state index in [9.17, 15) is 23.1 Å². The van der Waals surface area contributed by atoms with Gasteiger partial charge in [-0.25, -0.2) is 27.9 Å². The number of amides is 1. The Morgan fingerprint density at radius 2 is 1.69 bits per heavy atom. The van der Waals surface area contributed by atoms with Crippen LogP contribution in [0.4, 0.5) is 10.6 Å². The maximum Gasteiger partial charge on any atom is 0.416 e. The molecule has 1 unspecified atom stereocenters. The van der Waals surface area contributed by atoms with Gasteiger partial charge in [-0.2, -0.15) is 0 Å². The standard InChI is InChI=1S/C33H36N4O7S/c1-5-43-26-11-8-10-25(21-26)24-17-15-23(16-18-24)20-28(36-45(41,42)30-14-6-7-19-34-30)27-12-9-13-29(35-27)37(22-31(38)39)32(40)44-33(2,3)4/h6-19,21,28,36H,5,20,22H2,1-4H3,(H,38,39). The number of benzene rings is 2. The Hall–Kier alpha value is -4.81. The van der Waals surface area contributed by atoms with E-state index >= 15 is 0 Å². The lowest BCUT2D eigenvalue weighted by Gasteiger charge is -2.26. The fourth-order valence-corrected chi connectivity index (χ4v) is 5.59. The van der Waals surface area contributed by atoms with E-state index in [2.05, 4.69) is 14.7 Å². The van der Waals surface area contributed by atoms with Gasteiger partial charge in [-0.3, -0.25) is 9.69 Å². The van der Waals surface area contributed by atoms with Crippen LogP contribution in [0.25, 0.3) is 11.1 Å². The van der Waals surface area contributed by atoms with E-state index in [0.29, 0.717) is 6.61 Å². The summed E-state index contributed by atoms with van der Waals surface area (Å²) < 4.78 is 40.5. The van der Waals surface area contributed by atoms with Crippen LogP contribution in [0.15, 0.2) is 96.2 Å². The van der Waals surface area contributed by atoms with Crippen molar-refractivity contribution in [3.05, 3.63) is 102 Å². The van der Waals surface area contributed by atoms with E-state index in [1.54, 1.807) is 45.0 Å². The second-order valence-corrected chi connectivity index (χ2v) is 12.7. The minimum Gasteiger partial charge on any atom is -0.494 e. The van der Waals surface area contributed by atoms with E-state index in [0.717, 1.165) is 27.3 Å². The molecular weight excluding hydrogens is 596 g/mol. The van der Waals surface area contributed by atoms with Crippen LogP contribution in [0.3, 0.4) is 0 Å². The first-order chi connectivity index (χ1) is 21.3. The molecule has 0 radical (unpaired) electrons. The highest BCUT2D eigenvalue weighted by Crippen LogP contribution is 2.27. The fourth-order valence-electron chi connectivity index (χ4n) is 4.44. The summed E-state index contributed by atoms with van der Waals surface area (Å²) in [5, 5.41) is 9.34. The lowest BCUT2D eigenvalue weighted by molar-refractivity contribution is -0.135. The molecular formula is C33H36N4O7S. The van der Waals surface area contributed by atoms with Crippen LogP contribution in [0.2, 0.25) is 0 Å². The highest BCUT2D eigenvalue weighted by molar-refractivity contribution is 7.89. The third-order valence-electron chi connectivity index (χ3n) is 6.38. The van der Waals surface area contributed by atoms with Gasteiger partial charge in [0.15, 0.2) is 5.03 Å². The molecule has 4 aromatic rings. The molecule has 0 spiro atoms. The predicted octanol–water partition coefficient (Wildman–Crippen LogP) is 5.63. The largest absolute Gasteiger partial charge is 0.494 e. The van der Waals surface area contributed by atoms with Crippen LogP contribution in [0, 0.1) is 0 Å². The van der Waals surface area contributed by atoms with Gasteiger partial charge in [-0.1, -0.05) is 48.5 Å². The number of aromatic nitrogens is 2. The Morgan fingerprint density at radius 1 is 0.956 bits per heavy atom. The number of rotatable bonds is 12. The van der Waals surface area contributed by atoms with Crippen molar-refractivity contribution >= 4 is 27.9 Å². The zero-order valence-electron chi connectivity index (χ0n) is 25.5. The molecule has 1 amide bonds. The number of nitrogens with zero attached hydrogens (tertiary/aromatic N) is 3. The maximum absolute atomic E-state index is 13.4. The molecule has 2 aromatic heterocycles. The Labute approximate surface area is 262 Å². The number of carbonyl (C=O) groups is 2. The van der Waals surface area contributed by atoms with Gasteiger partial charge < -0.3 is 14.6 Å². The van der Waals surface area contributed by atoms with Crippen molar-refractivity contribution in [3.63, 3.8) is 0 Å². The van der Waals surface area contributed by atoms with Gasteiger partial charge in [0.2, 0.25) is 0 Å². The Kier molecular flexibility index (Phi) is 10.5. The van der Waals surface area contributed by atoms with E-state index in [1.165, 1.54) is 18.3 Å². The number of ether oxygens (including phenoxy) is 2. The molecule has 0 saturated heterocycles. The SMILES string of the molecule is CCOc1cccc(-c2ccc(CC(NS(=O)(=O)c3ccccn3)c3cccc(N(CC(=O)O)C(=O)OC(C)(C)C)n3)cc2)c1. The molecule has 2 N–H and O–H groups in total. The Bertz CT molecular complexity index is 1720. The normalized spacial score (nSPS) is 12.3. The van der Waals surface area contributed by atoms with E-state index in [4.69, 9.17) is 9.47 Å². The summed E-state index contributed by atoms with van der Waals surface area (Å²) in [6, 6.07) is 23.7. The van der Waals surface area contributed by atoms with Crippen LogP contribution in [0.5, 0.6) is 5.75 Å². The lowest BCUT2D eigenvalue weighted by Crippen LogP contribution is -2.40. The highest BCUT2D eigenvalue weighted by atomic mass is 32.2. The van der Waals surface area contributed by atoms with Crippen molar-refractivity contribution in [1.29, 1.82) is 0 Å². The number of nitrogens with one attached hydrogen (secondary N) is 1. The van der Waals surface area contributed by atoms with Crippen molar-refractivity contribution in [3.8, 4) is 16.9 Å². The number of anilines is 1. The van der Waals surface area contributed by atoms with E-state index in [-0.39, 0.29) is 23.0 Å². The van der Waals surface area contributed by atoms with Crippen LogP contribution < -0.4 is 14.4 Å². The molecule has 2 aromatic carbocycles. The smallest absolute Gasteiger partial charge is 0.416 e. The summed E-state index contributed by atoms with van der Waals surface area (Å²) in [4.78, 5) is 34.0. The van der Waals surface area contributed by atoms with Gasteiger partial charge in [0.05, 0.1) is 18.3 Å². The molecule has 0 saturated carbocycles. The lowest BCUT2D eigenvalue weighted by atomic mass is 9.99. The zero-order valence-corrected chi connectivity index (χ0v) is 26.3. The summed E-state index contributed by atoms with van der Waals surface area (Å²) in [6.07, 6.45) is 0.670. The number of carbonyl (C=O) groups excluding carboxylic acids is 1. The van der Waals surface area contributed by atoms with E-state index in [1.807, 2.05) is 55.5 Å². The summed E-state index contributed by atoms with van der Waals surface area (Å²) >= 11 is 0. The third-order valence-corrected chi connectivity index (χ3v) is 7.77. The quantitative estimate of drug-likeness (QED) is 0.203. The van der Waals surface area contributed by atoms with E-state index < -0.39 is 40.3 Å². The average molecular weight is 633 g/mol. The van der Waals surface area contributed by atoms with Crippen molar-refractivity contribution < 1.29 is 32.6 Å². The fraction of sp³-hybridized carbons (Fsp3) is 0.273. The monoisotopic (exact) mass is 632 g/mol. The number of pyridine rings is 2. The number of hydrogen-bond acceptors (Lipinski definition) is 8. The molecule has 0 bridgehead atoms. The van der Waals surface area contributed by atoms with Crippen LogP contribution >= 0.6 is 0 Å². The number of hydrogen-bond donors (Lipinski definition) is 2. The minimum absolute atomic E-state index is 0.00397. The first kappa shape index (κ1) is 33.1. The molecule has 0 aliphatic heterocycles. The Morgan fingerprint density at radius 3 is 2.33 bits per heavy atom. The summed E-state index contributed by atoms with van der Waals surface area (Å²) in [6.45, 7) is 6.76. The molecule has 0 aliphatic carbocycles. The average Bonchev–Trinajstić information content (AvgIpc) is 3.00. The van der Waals surface area contributed by atoms with Crippen LogP contribution in [0.1, 0.15) is 45.0 Å². The zero-order chi connectivity index (χ0) is 32.6. The second kappa shape index (κ2) is 14.3. The molecule has 12 heteroatoms. The third kappa shape index (κ3) is 9.34. The van der Waals surface area contributed by atoms with Crippen molar-refractivity contribution in [1.82, 2.24) is 14.7 Å². The molecule has 2 heterocycles. The van der Waals surface area contributed by atoms with Crippen molar-refractivity contribution in [2.45, 2.75) is 50.8 Å². The first-order valence-electron chi connectivity index (χ1n) is 14.3. The topological polar surface area (TPSA) is 148 Å². The van der Waals surface area contributed by atoms with Gasteiger partial charge >= 0.3 is 12.1 Å². The Balaban J connectivity index is 1.69. The summed E-state index contributed by atoms with van der Waals surface area (Å²) in [5.74, 6) is -0.514. The minimum atomic E-state index is -4.10. The summed E-state index contributed by atoms with van der Waals surface area (Å²) in [5.41, 5.74) is 2.10. The number of sulfonamides is 1. The van der Waals surface area contributed by atoms with Gasteiger partial charge in [-0.05, 0) is 87.2 Å². The van der Waals surface area contributed by atoms with Crippen molar-refractivity contribution in [2.24, 2.45) is 0 Å². The summed E-state index contributed by atoms with van der Waals surface area (Å²) in [7, 11) is -4.10. The molecule has 4 rings (SSSR count). The van der Waals surface area contributed by atoms with Crippen LogP contribution in [-0.4, -0.2) is 54.3 Å². The van der Waals surface area contributed by atoms with Gasteiger partial charge in [0, 0.05) is 6.20 Å². The molecule has 0 aliphatic rings. The predicted molar refractivity (Wildman–Crippen MR) is 170 cm³/mol. The molecule has 1 atom stereocenters. The maximum atomic E-state index is 13.4. The molecule has 0 fully saturated rings. The number of carboxylic acids is 1. The van der Waals surface area contributed by atoms with Gasteiger partial charge in [-0.15, -0.1) is 0 Å². The van der Waals surface area contributed by atoms with Gasteiger partial charge in [0.25, 0.3) is 10.0 Å².